The fourth-order valence-corrected chi connectivity index (χ4v) is 2.03. The van der Waals surface area contributed by atoms with E-state index >= 15 is 0 Å². The van der Waals surface area contributed by atoms with Crippen LogP contribution in [-0.4, -0.2) is 15.0 Å². The zero-order valence-electron chi connectivity index (χ0n) is 9.91. The van der Waals surface area contributed by atoms with Crippen LogP contribution in [0.3, 0.4) is 0 Å². The molecule has 0 fully saturated rings. The zero-order chi connectivity index (χ0) is 13.1. The highest BCUT2D eigenvalue weighted by Gasteiger charge is 2.15. The highest BCUT2D eigenvalue weighted by atomic mass is 35.5. The molecule has 0 saturated carbocycles. The van der Waals surface area contributed by atoms with E-state index in [0.29, 0.717) is 27.5 Å². The third kappa shape index (κ3) is 2.36. The molecule has 0 heterocycles. The smallest absolute Gasteiger partial charge is 0.137 e. The normalized spacial score (nSPS) is 10.4. The van der Waals surface area contributed by atoms with E-state index in [9.17, 15) is 4.39 Å². The lowest BCUT2D eigenvalue weighted by Gasteiger charge is -2.12. The molecular weight excluding hydrogens is 249 g/mol. The van der Waals surface area contributed by atoms with Crippen LogP contribution in [0.5, 0.6) is 5.75 Å². The second-order valence-corrected chi connectivity index (χ2v) is 4.27. The summed E-state index contributed by atoms with van der Waals surface area (Å²) in [5.41, 5.74) is 1.51. The Kier molecular flexibility index (Phi) is 3.92. The van der Waals surface area contributed by atoms with Gasteiger partial charge >= 0.3 is 0 Å². The lowest BCUT2D eigenvalue weighted by atomic mass is 9.92. The summed E-state index contributed by atoms with van der Waals surface area (Å²) >= 11 is 5.93. The lowest BCUT2D eigenvalue weighted by Crippen LogP contribution is -1.97. The number of hydrogen-bond acceptors (Lipinski definition) is 1. The molecule has 2 aromatic carbocycles. The molecule has 2 aromatic rings. The summed E-state index contributed by atoms with van der Waals surface area (Å²) in [5, 5.41) is 0.548. The molecule has 4 heteroatoms. The van der Waals surface area contributed by atoms with Crippen LogP contribution >= 0.6 is 11.6 Å². The highest BCUT2D eigenvalue weighted by Crippen LogP contribution is 2.35. The predicted octanol–water partition coefficient (Wildman–Crippen LogP) is 3.82. The Bertz CT molecular complexity index is 572. The van der Waals surface area contributed by atoms with E-state index in [1.165, 1.54) is 7.11 Å². The number of halogens is 2. The van der Waals surface area contributed by atoms with Gasteiger partial charge in [0.25, 0.3) is 0 Å². The van der Waals surface area contributed by atoms with Crippen LogP contribution in [-0.2, 0) is 6.32 Å². The number of hydrogen-bond donors (Lipinski definition) is 0. The lowest BCUT2D eigenvalue weighted by molar-refractivity contribution is 0.413. The Morgan fingerprint density at radius 1 is 1.28 bits per heavy atom. The van der Waals surface area contributed by atoms with E-state index in [-0.39, 0.29) is 12.1 Å². The van der Waals surface area contributed by atoms with Gasteiger partial charge in [0, 0.05) is 5.02 Å². The summed E-state index contributed by atoms with van der Waals surface area (Å²) in [6.45, 7) is 0. The van der Waals surface area contributed by atoms with Gasteiger partial charge in [-0.3, -0.25) is 0 Å². The Hall–Kier alpha value is -1.48. The van der Waals surface area contributed by atoms with Crippen molar-refractivity contribution in [1.82, 2.24) is 0 Å². The first-order chi connectivity index (χ1) is 8.67. The van der Waals surface area contributed by atoms with Gasteiger partial charge in [-0.1, -0.05) is 36.1 Å². The molecule has 2 radical (unpaired) electrons. The predicted molar refractivity (Wildman–Crippen MR) is 72.9 cm³/mol. The van der Waals surface area contributed by atoms with E-state index in [1.54, 1.807) is 36.4 Å². The van der Waals surface area contributed by atoms with Gasteiger partial charge in [-0.2, -0.15) is 0 Å². The number of benzene rings is 2. The summed E-state index contributed by atoms with van der Waals surface area (Å²) in [4.78, 5) is 0. The summed E-state index contributed by atoms with van der Waals surface area (Å²) < 4.78 is 19.5. The minimum atomic E-state index is -0.362. The maximum absolute atomic E-state index is 14.3. The van der Waals surface area contributed by atoms with Crippen molar-refractivity contribution in [2.45, 2.75) is 6.32 Å². The van der Waals surface area contributed by atoms with Crippen LogP contribution in [0.2, 0.25) is 5.02 Å². The summed E-state index contributed by atoms with van der Waals surface area (Å²) in [7, 11) is 7.02. The monoisotopic (exact) mass is 260 g/mol. The van der Waals surface area contributed by atoms with Crippen molar-refractivity contribution in [2.24, 2.45) is 0 Å². The van der Waals surface area contributed by atoms with Gasteiger partial charge < -0.3 is 4.74 Å². The maximum Gasteiger partial charge on any atom is 0.137 e. The highest BCUT2D eigenvalue weighted by molar-refractivity contribution is 6.30. The van der Waals surface area contributed by atoms with Gasteiger partial charge in [0.15, 0.2) is 0 Å². The van der Waals surface area contributed by atoms with E-state index in [2.05, 4.69) is 0 Å². The quantitative estimate of drug-likeness (QED) is 0.762. The third-order valence-corrected chi connectivity index (χ3v) is 2.97. The van der Waals surface area contributed by atoms with Crippen molar-refractivity contribution < 1.29 is 9.13 Å². The number of rotatable bonds is 3. The molecule has 0 saturated heterocycles. The maximum atomic E-state index is 14.3. The molecule has 0 aliphatic rings. The molecule has 0 N–H and O–H groups in total. The first-order valence-corrected chi connectivity index (χ1v) is 5.86. The first kappa shape index (κ1) is 13.0. The molecule has 0 atom stereocenters. The van der Waals surface area contributed by atoms with E-state index < -0.39 is 0 Å². The molecule has 0 aromatic heterocycles. The second kappa shape index (κ2) is 5.45. The summed E-state index contributed by atoms with van der Waals surface area (Å²) in [6, 6.07) is 10.3. The molecule has 1 nitrogen and oxygen atoms in total. The van der Waals surface area contributed by atoms with Crippen LogP contribution in [0.1, 0.15) is 5.56 Å². The van der Waals surface area contributed by atoms with Crippen molar-refractivity contribution in [3.8, 4) is 16.9 Å². The molecular formula is C14H11BClFO. The molecule has 90 valence electrons. The number of ether oxygens (including phenoxy) is 1. The van der Waals surface area contributed by atoms with E-state index in [1.807, 2.05) is 0 Å². The van der Waals surface area contributed by atoms with Gasteiger partial charge in [0.05, 0.1) is 20.5 Å². The summed E-state index contributed by atoms with van der Waals surface area (Å²) in [6.07, 6.45) is 0.142. The van der Waals surface area contributed by atoms with Gasteiger partial charge in [-0.05, 0) is 29.3 Å². The van der Waals surface area contributed by atoms with Crippen molar-refractivity contribution in [1.29, 1.82) is 0 Å². The molecule has 2 rings (SSSR count). The van der Waals surface area contributed by atoms with Gasteiger partial charge in [0.2, 0.25) is 0 Å². The van der Waals surface area contributed by atoms with Crippen LogP contribution in [0.25, 0.3) is 11.1 Å². The van der Waals surface area contributed by atoms with Gasteiger partial charge in [0.1, 0.15) is 11.6 Å². The van der Waals surface area contributed by atoms with E-state index in [0.717, 1.165) is 0 Å². The minimum Gasteiger partial charge on any atom is -0.496 e. The van der Waals surface area contributed by atoms with Gasteiger partial charge in [-0.15, -0.1) is 0 Å². The van der Waals surface area contributed by atoms with Crippen LogP contribution in [0.15, 0.2) is 36.4 Å². The van der Waals surface area contributed by atoms with Gasteiger partial charge in [-0.25, -0.2) is 4.39 Å². The Morgan fingerprint density at radius 2 is 2.06 bits per heavy atom. The van der Waals surface area contributed by atoms with Crippen molar-refractivity contribution in [3.05, 3.63) is 52.8 Å². The number of methoxy groups -OCH3 is 1. The molecule has 0 unspecified atom stereocenters. The fraction of sp³-hybridized carbons (Fsp3) is 0.143. The molecule has 0 spiro atoms. The molecule has 18 heavy (non-hydrogen) atoms. The zero-order valence-corrected chi connectivity index (χ0v) is 10.7. The van der Waals surface area contributed by atoms with Crippen molar-refractivity contribution >= 4 is 19.4 Å². The molecule has 0 bridgehead atoms. The Balaban J connectivity index is 2.68. The average molecular weight is 261 g/mol. The second-order valence-electron chi connectivity index (χ2n) is 3.83. The first-order valence-electron chi connectivity index (χ1n) is 5.48. The minimum absolute atomic E-state index is 0.142. The van der Waals surface area contributed by atoms with Crippen molar-refractivity contribution in [3.63, 3.8) is 0 Å². The SMILES string of the molecule is [B]Cc1ccc(OC)c(-c2cccc(Cl)c2)c1F. The van der Waals surface area contributed by atoms with Crippen molar-refractivity contribution in [2.75, 3.05) is 7.11 Å². The molecule has 0 aliphatic carbocycles. The average Bonchev–Trinajstić information content (AvgIpc) is 2.38. The molecule has 0 aliphatic heterocycles. The molecule has 0 amide bonds. The Labute approximate surface area is 112 Å². The van der Waals surface area contributed by atoms with Crippen LogP contribution < -0.4 is 4.74 Å². The third-order valence-electron chi connectivity index (χ3n) is 2.74. The van der Waals surface area contributed by atoms with Crippen LogP contribution in [0, 0.1) is 5.82 Å². The largest absolute Gasteiger partial charge is 0.496 e. The summed E-state index contributed by atoms with van der Waals surface area (Å²) in [5.74, 6) is 0.103. The Morgan fingerprint density at radius 3 is 2.67 bits per heavy atom. The van der Waals surface area contributed by atoms with Crippen LogP contribution in [0.4, 0.5) is 4.39 Å². The fourth-order valence-electron chi connectivity index (χ4n) is 1.84. The standard InChI is InChI=1S/C14H11BClFO/c1-18-12-6-5-10(8-15)14(17)13(12)9-3-2-4-11(16)7-9/h2-7H,8H2,1H3. The topological polar surface area (TPSA) is 9.23 Å². The van der Waals surface area contributed by atoms with E-state index in [4.69, 9.17) is 24.2 Å².